The third kappa shape index (κ3) is 4.02. The molecule has 0 fully saturated rings. The van der Waals surface area contributed by atoms with Gasteiger partial charge in [-0.25, -0.2) is 0 Å². The summed E-state index contributed by atoms with van der Waals surface area (Å²) < 4.78 is 0. The molecule has 84 valence electrons. The number of hydrogen-bond donors (Lipinski definition) is 1. The lowest BCUT2D eigenvalue weighted by Crippen LogP contribution is -2.24. The van der Waals surface area contributed by atoms with Crippen molar-refractivity contribution >= 4 is 0 Å². The van der Waals surface area contributed by atoms with Gasteiger partial charge in [-0.15, -0.1) is 0 Å². The van der Waals surface area contributed by atoms with Crippen LogP contribution in [0.5, 0.6) is 0 Å². The molecule has 2 heteroatoms. The molecule has 0 saturated carbocycles. The molecule has 0 atom stereocenters. The van der Waals surface area contributed by atoms with Crippen molar-refractivity contribution in [2.75, 3.05) is 26.7 Å². The van der Waals surface area contributed by atoms with Crippen LogP contribution in [0.4, 0.5) is 0 Å². The van der Waals surface area contributed by atoms with Gasteiger partial charge in [-0.1, -0.05) is 18.2 Å². The summed E-state index contributed by atoms with van der Waals surface area (Å²) in [7, 11) is 2.04. The molecule has 0 bridgehead atoms. The van der Waals surface area contributed by atoms with Crippen LogP contribution in [0.3, 0.4) is 0 Å². The van der Waals surface area contributed by atoms with Gasteiger partial charge in [0, 0.05) is 13.1 Å². The van der Waals surface area contributed by atoms with Crippen LogP contribution < -0.4 is 0 Å². The summed E-state index contributed by atoms with van der Waals surface area (Å²) in [4.78, 5) is 2.15. The average molecular weight is 207 g/mol. The minimum absolute atomic E-state index is 0.240. The molecule has 0 aliphatic rings. The largest absolute Gasteiger partial charge is 0.395 e. The van der Waals surface area contributed by atoms with Gasteiger partial charge < -0.3 is 10.0 Å². The third-order valence-corrected chi connectivity index (χ3v) is 2.84. The molecule has 1 N–H and O–H groups in total. The second kappa shape index (κ2) is 5.89. The van der Waals surface area contributed by atoms with E-state index in [1.165, 1.54) is 16.7 Å². The lowest BCUT2D eigenvalue weighted by Gasteiger charge is -2.15. The van der Waals surface area contributed by atoms with Gasteiger partial charge >= 0.3 is 0 Å². The Morgan fingerprint density at radius 1 is 1.13 bits per heavy atom. The number of rotatable bonds is 5. The van der Waals surface area contributed by atoms with Gasteiger partial charge in [-0.05, 0) is 44.0 Å². The van der Waals surface area contributed by atoms with Crippen LogP contribution in [0.15, 0.2) is 18.2 Å². The smallest absolute Gasteiger partial charge is 0.0558 e. The van der Waals surface area contributed by atoms with E-state index >= 15 is 0 Å². The zero-order valence-corrected chi connectivity index (χ0v) is 9.95. The number of aliphatic hydroxyl groups excluding tert-OH is 1. The van der Waals surface area contributed by atoms with Crippen molar-refractivity contribution in [2.24, 2.45) is 0 Å². The van der Waals surface area contributed by atoms with E-state index in [4.69, 9.17) is 5.11 Å². The first-order valence-corrected chi connectivity index (χ1v) is 5.49. The number of likely N-dealkylation sites (N-methyl/N-ethyl adjacent to an activating group) is 1. The topological polar surface area (TPSA) is 23.5 Å². The quantitative estimate of drug-likeness (QED) is 0.795. The Morgan fingerprint density at radius 2 is 1.87 bits per heavy atom. The average Bonchev–Trinajstić information content (AvgIpc) is 2.20. The fourth-order valence-electron chi connectivity index (χ4n) is 1.56. The Labute approximate surface area is 92.5 Å². The molecule has 0 amide bonds. The number of benzene rings is 1. The van der Waals surface area contributed by atoms with Gasteiger partial charge in [0.15, 0.2) is 0 Å². The van der Waals surface area contributed by atoms with E-state index in [0.29, 0.717) is 0 Å². The van der Waals surface area contributed by atoms with E-state index in [-0.39, 0.29) is 6.61 Å². The molecule has 1 aromatic carbocycles. The monoisotopic (exact) mass is 207 g/mol. The number of nitrogens with zero attached hydrogens (tertiary/aromatic N) is 1. The molecule has 0 aliphatic carbocycles. The van der Waals surface area contributed by atoms with Crippen LogP contribution in [0.2, 0.25) is 0 Å². The first kappa shape index (κ1) is 12.2. The molecule has 0 aliphatic heterocycles. The van der Waals surface area contributed by atoms with Crippen LogP contribution in [-0.4, -0.2) is 36.8 Å². The van der Waals surface area contributed by atoms with Crippen molar-refractivity contribution in [3.63, 3.8) is 0 Å². The Hall–Kier alpha value is -0.860. The minimum atomic E-state index is 0.240. The van der Waals surface area contributed by atoms with Crippen molar-refractivity contribution in [3.8, 4) is 0 Å². The van der Waals surface area contributed by atoms with E-state index in [1.54, 1.807) is 0 Å². The van der Waals surface area contributed by atoms with E-state index in [1.807, 2.05) is 7.05 Å². The Bertz CT molecular complexity index is 309. The van der Waals surface area contributed by atoms with E-state index in [2.05, 4.69) is 36.9 Å². The highest BCUT2D eigenvalue weighted by Crippen LogP contribution is 2.10. The lowest BCUT2D eigenvalue weighted by molar-refractivity contribution is 0.223. The predicted molar refractivity (Wildman–Crippen MR) is 64.2 cm³/mol. The van der Waals surface area contributed by atoms with Gasteiger partial charge in [0.1, 0.15) is 0 Å². The van der Waals surface area contributed by atoms with Crippen LogP contribution in [0.25, 0.3) is 0 Å². The predicted octanol–water partition coefficient (Wildman–Crippen LogP) is 1.77. The van der Waals surface area contributed by atoms with Crippen LogP contribution in [0.1, 0.15) is 16.7 Å². The highest BCUT2D eigenvalue weighted by atomic mass is 16.3. The fourth-order valence-corrected chi connectivity index (χ4v) is 1.56. The van der Waals surface area contributed by atoms with Crippen LogP contribution >= 0.6 is 0 Å². The Balaban J connectivity index is 2.47. The third-order valence-electron chi connectivity index (χ3n) is 2.84. The van der Waals surface area contributed by atoms with Crippen LogP contribution in [-0.2, 0) is 6.42 Å². The second-order valence-corrected chi connectivity index (χ2v) is 4.20. The summed E-state index contributed by atoms with van der Waals surface area (Å²) in [6, 6.07) is 6.62. The van der Waals surface area contributed by atoms with Crippen LogP contribution in [0, 0.1) is 13.8 Å². The summed E-state index contributed by atoms with van der Waals surface area (Å²) in [5.41, 5.74) is 4.09. The minimum Gasteiger partial charge on any atom is -0.395 e. The maximum absolute atomic E-state index is 8.77. The summed E-state index contributed by atoms with van der Waals surface area (Å²) >= 11 is 0. The molecule has 0 unspecified atom stereocenters. The fraction of sp³-hybridized carbons (Fsp3) is 0.538. The Kier molecular flexibility index (Phi) is 4.79. The maximum atomic E-state index is 8.77. The molecule has 0 spiro atoms. The van der Waals surface area contributed by atoms with Gasteiger partial charge in [-0.2, -0.15) is 0 Å². The molecule has 2 nitrogen and oxygen atoms in total. The van der Waals surface area contributed by atoms with Gasteiger partial charge in [-0.3, -0.25) is 0 Å². The molecular formula is C13H21NO. The SMILES string of the molecule is Cc1ccc(CCN(C)CCO)cc1C. The zero-order valence-electron chi connectivity index (χ0n) is 9.95. The summed E-state index contributed by atoms with van der Waals surface area (Å²) in [5.74, 6) is 0. The number of aryl methyl sites for hydroxylation is 2. The van der Waals surface area contributed by atoms with E-state index in [0.717, 1.165) is 19.5 Å². The van der Waals surface area contributed by atoms with Crippen molar-refractivity contribution in [1.29, 1.82) is 0 Å². The number of hydrogen-bond acceptors (Lipinski definition) is 2. The van der Waals surface area contributed by atoms with Gasteiger partial charge in [0.25, 0.3) is 0 Å². The summed E-state index contributed by atoms with van der Waals surface area (Å²) in [6.07, 6.45) is 1.05. The van der Waals surface area contributed by atoms with E-state index < -0.39 is 0 Å². The summed E-state index contributed by atoms with van der Waals surface area (Å²) in [5, 5.41) is 8.77. The highest BCUT2D eigenvalue weighted by Gasteiger charge is 2.00. The molecule has 0 aromatic heterocycles. The molecule has 0 heterocycles. The second-order valence-electron chi connectivity index (χ2n) is 4.20. The molecular weight excluding hydrogens is 186 g/mol. The van der Waals surface area contributed by atoms with Crippen molar-refractivity contribution < 1.29 is 5.11 Å². The van der Waals surface area contributed by atoms with Crippen molar-refractivity contribution in [1.82, 2.24) is 4.90 Å². The van der Waals surface area contributed by atoms with Gasteiger partial charge in [0.05, 0.1) is 6.61 Å². The first-order valence-electron chi connectivity index (χ1n) is 5.49. The maximum Gasteiger partial charge on any atom is 0.0558 e. The zero-order chi connectivity index (χ0) is 11.3. The van der Waals surface area contributed by atoms with Gasteiger partial charge in [0.2, 0.25) is 0 Å². The lowest BCUT2D eigenvalue weighted by atomic mass is 10.0. The highest BCUT2D eigenvalue weighted by molar-refractivity contribution is 5.29. The first-order chi connectivity index (χ1) is 7.13. The molecule has 0 saturated heterocycles. The van der Waals surface area contributed by atoms with Crippen molar-refractivity contribution in [3.05, 3.63) is 34.9 Å². The molecule has 1 rings (SSSR count). The number of aliphatic hydroxyl groups is 1. The van der Waals surface area contributed by atoms with Crippen molar-refractivity contribution in [2.45, 2.75) is 20.3 Å². The molecule has 0 radical (unpaired) electrons. The normalized spacial score (nSPS) is 11.0. The standard InChI is InChI=1S/C13H21NO/c1-11-4-5-13(10-12(11)2)6-7-14(3)8-9-15/h4-5,10,15H,6-9H2,1-3H3. The summed E-state index contributed by atoms with van der Waals surface area (Å²) in [6.45, 7) is 6.28. The molecule has 15 heavy (non-hydrogen) atoms. The molecule has 1 aromatic rings. The Morgan fingerprint density at radius 3 is 2.47 bits per heavy atom. The van der Waals surface area contributed by atoms with E-state index in [9.17, 15) is 0 Å².